The minimum absolute atomic E-state index is 0.430. The van der Waals surface area contributed by atoms with Gasteiger partial charge in [0, 0.05) is 24.6 Å². The van der Waals surface area contributed by atoms with Gasteiger partial charge in [-0.2, -0.15) is 0 Å². The van der Waals surface area contributed by atoms with Gasteiger partial charge in [-0.15, -0.1) is 0 Å². The second-order valence-electron chi connectivity index (χ2n) is 6.65. The molecule has 4 nitrogen and oxygen atoms in total. The third-order valence-electron chi connectivity index (χ3n) is 4.08. The van der Waals surface area contributed by atoms with Crippen molar-refractivity contribution in [3.8, 4) is 0 Å². The Morgan fingerprint density at radius 1 is 0.542 bits per heavy atom. The molecule has 0 aliphatic rings. The predicted octanol–water partition coefficient (Wildman–Crippen LogP) is 6.49. The maximum atomic E-state index is 11.5. The van der Waals surface area contributed by atoms with Gasteiger partial charge in [0.1, 0.15) is 0 Å². The van der Waals surface area contributed by atoms with Crippen molar-refractivity contribution in [1.82, 2.24) is 0 Å². The summed E-state index contributed by atoms with van der Waals surface area (Å²) < 4.78 is 22.6. The van der Waals surface area contributed by atoms with Crippen molar-refractivity contribution in [3.63, 3.8) is 0 Å². The van der Waals surface area contributed by atoms with Gasteiger partial charge in [0.2, 0.25) is 7.37 Å². The summed E-state index contributed by atoms with van der Waals surface area (Å²) in [5.74, 6) is 0. The van der Waals surface area contributed by atoms with Gasteiger partial charge in [-0.1, -0.05) is 72.6 Å². The lowest BCUT2D eigenvalue weighted by Crippen LogP contribution is -1.94. The molecule has 0 heterocycles. The van der Waals surface area contributed by atoms with Gasteiger partial charge in [-0.25, -0.2) is 0 Å². The minimum Gasteiger partial charge on any atom is -0.344 e. The average molecular weight is 384 g/mol. The molecule has 0 aromatic heterocycles. The van der Waals surface area contributed by atoms with Gasteiger partial charge in [0.15, 0.2) is 7.37 Å². The predicted molar refractivity (Wildman–Crippen MR) is 108 cm³/mol. The van der Waals surface area contributed by atoms with Crippen molar-refractivity contribution in [2.75, 3.05) is 24.6 Å². The molecule has 0 aliphatic heterocycles. The lowest BCUT2D eigenvalue weighted by molar-refractivity contribution is 0.471. The molecule has 148 valence electrons. The highest BCUT2D eigenvalue weighted by Gasteiger charge is 2.15. The fourth-order valence-electron chi connectivity index (χ4n) is 2.25. The molecule has 0 aromatic rings. The molecule has 0 aromatic carbocycles. The standard InChI is InChI=1S/C10H23O2P.C8H19O2P/c1-3-5-7-8-10-13(11,12)9-6-4-2;1-3-5-6-7-8-11(9,10)4-2/h3-10H2,1-2H3,(H,11,12);3-8H2,1-2H3,(H,9,10). The van der Waals surface area contributed by atoms with Crippen LogP contribution < -0.4 is 0 Å². The molecule has 0 spiro atoms. The average Bonchev–Trinajstić information content (AvgIpc) is 2.54. The SMILES string of the molecule is CCCCCCP(=O)(O)CC.CCCCCCP(=O)(O)CCCC. The summed E-state index contributed by atoms with van der Waals surface area (Å²) in [4.78, 5) is 18.7. The molecule has 0 saturated carbocycles. The maximum Gasteiger partial charge on any atom is 0.200 e. The lowest BCUT2D eigenvalue weighted by atomic mass is 10.2. The van der Waals surface area contributed by atoms with Crippen LogP contribution in [0.5, 0.6) is 0 Å². The Balaban J connectivity index is 0. The van der Waals surface area contributed by atoms with Gasteiger partial charge in [-0.05, 0) is 19.3 Å². The van der Waals surface area contributed by atoms with Gasteiger partial charge in [-0.3, -0.25) is 9.13 Å². The van der Waals surface area contributed by atoms with Crippen molar-refractivity contribution in [1.29, 1.82) is 0 Å². The Bertz CT molecular complexity index is 359. The molecule has 0 fully saturated rings. The van der Waals surface area contributed by atoms with Crippen molar-refractivity contribution in [2.24, 2.45) is 0 Å². The van der Waals surface area contributed by atoms with E-state index in [0.29, 0.717) is 24.6 Å². The van der Waals surface area contributed by atoms with Crippen molar-refractivity contribution >= 4 is 14.7 Å². The van der Waals surface area contributed by atoms with E-state index < -0.39 is 14.7 Å². The Morgan fingerprint density at radius 3 is 1.29 bits per heavy atom. The van der Waals surface area contributed by atoms with Crippen LogP contribution in [0.1, 0.15) is 91.9 Å². The maximum absolute atomic E-state index is 11.5. The second-order valence-corrected chi connectivity index (χ2v) is 12.0. The van der Waals surface area contributed by atoms with Crippen LogP contribution in [0.2, 0.25) is 0 Å². The summed E-state index contributed by atoms with van der Waals surface area (Å²) in [6.07, 6.45) is 12.7. The molecule has 2 unspecified atom stereocenters. The zero-order chi connectivity index (χ0) is 18.9. The molecule has 2 atom stereocenters. The summed E-state index contributed by atoms with van der Waals surface area (Å²) in [7, 11) is -5.46. The van der Waals surface area contributed by atoms with Crippen LogP contribution in [0, 0.1) is 0 Å². The highest BCUT2D eigenvalue weighted by molar-refractivity contribution is 7.58. The molecule has 24 heavy (non-hydrogen) atoms. The molecular weight excluding hydrogens is 342 g/mol. The van der Waals surface area contributed by atoms with E-state index in [9.17, 15) is 18.9 Å². The molecule has 0 aliphatic carbocycles. The third-order valence-corrected chi connectivity index (χ3v) is 8.11. The topological polar surface area (TPSA) is 74.6 Å². The highest BCUT2D eigenvalue weighted by Crippen LogP contribution is 2.42. The summed E-state index contributed by atoms with van der Waals surface area (Å²) in [5, 5.41) is 0. The number of rotatable bonds is 14. The van der Waals surface area contributed by atoms with Gasteiger partial charge >= 0.3 is 0 Å². The number of unbranched alkanes of at least 4 members (excludes halogenated alkanes) is 7. The smallest absolute Gasteiger partial charge is 0.200 e. The third kappa shape index (κ3) is 20.4. The normalized spacial score (nSPS) is 15.9. The van der Waals surface area contributed by atoms with Crippen molar-refractivity contribution in [3.05, 3.63) is 0 Å². The van der Waals surface area contributed by atoms with Gasteiger partial charge in [0.25, 0.3) is 0 Å². The zero-order valence-electron chi connectivity index (χ0n) is 16.5. The monoisotopic (exact) mass is 384 g/mol. The van der Waals surface area contributed by atoms with Crippen LogP contribution >= 0.6 is 14.7 Å². The highest BCUT2D eigenvalue weighted by atomic mass is 31.2. The summed E-state index contributed by atoms with van der Waals surface area (Å²) >= 11 is 0. The van der Waals surface area contributed by atoms with Crippen molar-refractivity contribution < 1.29 is 18.9 Å². The minimum atomic E-state index is -2.75. The quantitative estimate of drug-likeness (QED) is 0.265. The molecular formula is C18H42O4P2. The Labute approximate surface area is 150 Å². The molecule has 2 N–H and O–H groups in total. The molecule has 6 heteroatoms. The first kappa shape index (κ1) is 26.6. The fourth-order valence-corrected chi connectivity index (χ4v) is 5.03. The summed E-state index contributed by atoms with van der Waals surface area (Å²) in [6.45, 7) is 8.12. The van der Waals surface area contributed by atoms with E-state index in [0.717, 1.165) is 38.5 Å². The van der Waals surface area contributed by atoms with Crippen LogP contribution in [0.4, 0.5) is 0 Å². The van der Waals surface area contributed by atoms with Crippen LogP contribution in [0.3, 0.4) is 0 Å². The molecule has 0 bridgehead atoms. The second kappa shape index (κ2) is 16.8. The lowest BCUT2D eigenvalue weighted by Gasteiger charge is -2.10. The Morgan fingerprint density at radius 2 is 0.917 bits per heavy atom. The molecule has 0 amide bonds. The van der Waals surface area contributed by atoms with Crippen LogP contribution in [0.25, 0.3) is 0 Å². The fraction of sp³-hybridized carbons (Fsp3) is 1.00. The summed E-state index contributed by atoms with van der Waals surface area (Å²) in [6, 6.07) is 0. The van der Waals surface area contributed by atoms with E-state index in [-0.39, 0.29) is 0 Å². The van der Waals surface area contributed by atoms with E-state index in [1.165, 1.54) is 25.7 Å². The van der Waals surface area contributed by atoms with Crippen LogP contribution in [0.15, 0.2) is 0 Å². The first-order valence-corrected chi connectivity index (χ1v) is 13.9. The first-order valence-electron chi connectivity index (χ1n) is 9.86. The first-order chi connectivity index (χ1) is 11.2. The van der Waals surface area contributed by atoms with Crippen LogP contribution in [-0.2, 0) is 9.13 Å². The van der Waals surface area contributed by atoms with E-state index >= 15 is 0 Å². The Hall–Kier alpha value is 0.380. The van der Waals surface area contributed by atoms with Crippen LogP contribution in [-0.4, -0.2) is 34.4 Å². The van der Waals surface area contributed by atoms with E-state index in [1.807, 2.05) is 0 Å². The van der Waals surface area contributed by atoms with E-state index in [1.54, 1.807) is 6.92 Å². The molecule has 0 radical (unpaired) electrons. The molecule has 0 saturated heterocycles. The number of hydrogen-bond acceptors (Lipinski definition) is 2. The van der Waals surface area contributed by atoms with E-state index in [4.69, 9.17) is 0 Å². The largest absolute Gasteiger partial charge is 0.344 e. The molecule has 0 rings (SSSR count). The van der Waals surface area contributed by atoms with Gasteiger partial charge < -0.3 is 9.79 Å². The summed E-state index contributed by atoms with van der Waals surface area (Å²) in [5.41, 5.74) is 0. The van der Waals surface area contributed by atoms with E-state index in [2.05, 4.69) is 20.8 Å². The zero-order valence-corrected chi connectivity index (χ0v) is 18.3. The van der Waals surface area contributed by atoms with Crippen molar-refractivity contribution in [2.45, 2.75) is 91.9 Å². The Kier molecular flexibility index (Phi) is 18.7. The number of hydrogen-bond donors (Lipinski definition) is 2. The van der Waals surface area contributed by atoms with Gasteiger partial charge in [0.05, 0.1) is 0 Å².